The van der Waals surface area contributed by atoms with Crippen LogP contribution in [0.4, 0.5) is 5.82 Å². The Morgan fingerprint density at radius 3 is 3.30 bits per heavy atom. The fourth-order valence-electron chi connectivity index (χ4n) is 2.12. The Labute approximate surface area is 120 Å². The molecule has 0 radical (unpaired) electrons. The molecule has 0 spiro atoms. The first-order valence-electron chi connectivity index (χ1n) is 6.47. The number of amides is 1. The Kier molecular flexibility index (Phi) is 3.60. The van der Waals surface area contributed by atoms with E-state index in [9.17, 15) is 4.79 Å². The summed E-state index contributed by atoms with van der Waals surface area (Å²) in [4.78, 5) is 26.3. The highest BCUT2D eigenvalue weighted by Crippen LogP contribution is 2.28. The molecule has 6 nitrogen and oxygen atoms in total. The van der Waals surface area contributed by atoms with Crippen molar-refractivity contribution in [1.29, 1.82) is 0 Å². The van der Waals surface area contributed by atoms with Gasteiger partial charge in [0.2, 0.25) is 0 Å². The van der Waals surface area contributed by atoms with Gasteiger partial charge in [0.05, 0.1) is 10.3 Å². The Hall–Kier alpha value is -2.02. The van der Waals surface area contributed by atoms with E-state index in [1.54, 1.807) is 11.8 Å². The lowest BCUT2D eigenvalue weighted by atomic mass is 10.3. The minimum absolute atomic E-state index is 0.0263. The molecule has 2 aromatic heterocycles. The van der Waals surface area contributed by atoms with Gasteiger partial charge < -0.3 is 15.2 Å². The van der Waals surface area contributed by atoms with E-state index in [1.807, 2.05) is 30.3 Å². The summed E-state index contributed by atoms with van der Waals surface area (Å²) in [6.45, 7) is 3.37. The molecule has 3 rings (SSSR count). The summed E-state index contributed by atoms with van der Waals surface area (Å²) in [6.07, 6.45) is 5.25. The van der Waals surface area contributed by atoms with Gasteiger partial charge in [-0.2, -0.15) is 0 Å². The number of aromatic nitrogens is 3. The molecule has 0 atom stereocenters. The van der Waals surface area contributed by atoms with Crippen molar-refractivity contribution in [2.24, 2.45) is 0 Å². The molecule has 0 saturated heterocycles. The first kappa shape index (κ1) is 13.0. The van der Waals surface area contributed by atoms with E-state index in [0.29, 0.717) is 6.54 Å². The van der Waals surface area contributed by atoms with Gasteiger partial charge in [-0.1, -0.05) is 0 Å². The topological polar surface area (TPSA) is 73.9 Å². The lowest BCUT2D eigenvalue weighted by molar-refractivity contribution is -0.116. The number of hydrogen-bond acceptors (Lipinski definition) is 5. The van der Waals surface area contributed by atoms with Crippen LogP contribution in [0.5, 0.6) is 0 Å². The quantitative estimate of drug-likeness (QED) is 0.895. The molecule has 2 N–H and O–H groups in total. The minimum Gasteiger partial charge on any atom is -0.352 e. The van der Waals surface area contributed by atoms with Crippen molar-refractivity contribution in [2.75, 3.05) is 23.7 Å². The van der Waals surface area contributed by atoms with Crippen molar-refractivity contribution in [3.63, 3.8) is 0 Å². The van der Waals surface area contributed by atoms with E-state index in [0.717, 1.165) is 34.1 Å². The predicted molar refractivity (Wildman–Crippen MR) is 80.5 cm³/mol. The molecule has 0 unspecified atom stereocenters. The van der Waals surface area contributed by atoms with Gasteiger partial charge in [-0.3, -0.25) is 4.79 Å². The van der Waals surface area contributed by atoms with Gasteiger partial charge >= 0.3 is 0 Å². The third kappa shape index (κ3) is 2.36. The van der Waals surface area contributed by atoms with Crippen LogP contribution in [0.3, 0.4) is 0 Å². The van der Waals surface area contributed by atoms with Gasteiger partial charge in [0.25, 0.3) is 5.91 Å². The fraction of sp³-hybridized carbons (Fsp3) is 0.308. The third-order valence-corrected chi connectivity index (χ3v) is 4.02. The Bertz CT molecular complexity index is 666. The number of carbonyl (C=O) groups is 1. The Morgan fingerprint density at radius 1 is 1.55 bits per heavy atom. The standard InChI is InChI=1S/C13H15N5OS/c1-2-14-13(19)10-7-18(5-6-20-10)12-9-3-4-15-11(9)16-8-17-12/h3-4,7-8H,2,5-6H2,1H3,(H,14,19)(H,15,16,17). The van der Waals surface area contributed by atoms with Gasteiger partial charge in [-0.15, -0.1) is 11.8 Å². The number of anilines is 1. The second-order valence-electron chi connectivity index (χ2n) is 4.33. The highest BCUT2D eigenvalue weighted by Gasteiger charge is 2.20. The molecule has 104 valence electrons. The second kappa shape index (κ2) is 5.54. The number of fused-ring (bicyclic) bond motifs is 1. The van der Waals surface area contributed by atoms with Crippen LogP contribution in [0.1, 0.15) is 6.92 Å². The average Bonchev–Trinajstić information content (AvgIpc) is 2.96. The molecule has 1 amide bonds. The number of likely N-dealkylation sites (N-methyl/N-ethyl adjacent to an activating group) is 1. The SMILES string of the molecule is CCNC(=O)C1=CN(c2ncnc3[nH]ccc23)CCS1. The summed E-state index contributed by atoms with van der Waals surface area (Å²) < 4.78 is 0. The third-order valence-electron chi connectivity index (χ3n) is 3.03. The summed E-state index contributed by atoms with van der Waals surface area (Å²) >= 11 is 1.57. The van der Waals surface area contributed by atoms with E-state index >= 15 is 0 Å². The van der Waals surface area contributed by atoms with E-state index in [2.05, 4.69) is 20.3 Å². The van der Waals surface area contributed by atoms with Crippen molar-refractivity contribution in [3.05, 3.63) is 29.7 Å². The zero-order valence-electron chi connectivity index (χ0n) is 11.1. The molecule has 20 heavy (non-hydrogen) atoms. The highest BCUT2D eigenvalue weighted by atomic mass is 32.2. The van der Waals surface area contributed by atoms with Crippen molar-refractivity contribution in [1.82, 2.24) is 20.3 Å². The molecule has 0 aliphatic carbocycles. The number of thioether (sulfide) groups is 1. The zero-order valence-corrected chi connectivity index (χ0v) is 11.9. The molecule has 1 aliphatic heterocycles. The van der Waals surface area contributed by atoms with Crippen LogP contribution in [-0.4, -0.2) is 39.7 Å². The number of nitrogens with one attached hydrogen (secondary N) is 2. The van der Waals surface area contributed by atoms with Crippen LogP contribution in [0.15, 0.2) is 29.7 Å². The maximum Gasteiger partial charge on any atom is 0.259 e. The van der Waals surface area contributed by atoms with Crippen LogP contribution >= 0.6 is 11.8 Å². The van der Waals surface area contributed by atoms with Crippen LogP contribution in [0.25, 0.3) is 11.0 Å². The Morgan fingerprint density at radius 2 is 2.45 bits per heavy atom. The molecule has 1 aliphatic rings. The minimum atomic E-state index is -0.0263. The van der Waals surface area contributed by atoms with Crippen molar-refractivity contribution in [2.45, 2.75) is 6.92 Å². The van der Waals surface area contributed by atoms with Gasteiger partial charge in [0.15, 0.2) is 0 Å². The van der Waals surface area contributed by atoms with Gasteiger partial charge in [0, 0.05) is 31.2 Å². The zero-order chi connectivity index (χ0) is 13.9. The Balaban J connectivity index is 1.95. The van der Waals surface area contributed by atoms with Crippen molar-refractivity contribution >= 4 is 34.5 Å². The lowest BCUT2D eigenvalue weighted by Gasteiger charge is -2.25. The molecule has 0 bridgehead atoms. The predicted octanol–water partition coefficient (Wildman–Crippen LogP) is 1.49. The molecular formula is C13H15N5OS. The molecule has 7 heteroatoms. The number of rotatable bonds is 3. The van der Waals surface area contributed by atoms with Gasteiger partial charge in [-0.25, -0.2) is 9.97 Å². The normalized spacial score (nSPS) is 15.2. The molecular weight excluding hydrogens is 274 g/mol. The highest BCUT2D eigenvalue weighted by molar-refractivity contribution is 8.04. The molecule has 3 heterocycles. The molecule has 0 saturated carbocycles. The first-order chi connectivity index (χ1) is 9.79. The van der Waals surface area contributed by atoms with Crippen LogP contribution in [0.2, 0.25) is 0 Å². The van der Waals surface area contributed by atoms with Crippen LogP contribution < -0.4 is 10.2 Å². The maximum atomic E-state index is 11.9. The molecule has 0 aromatic carbocycles. The molecule has 2 aromatic rings. The summed E-state index contributed by atoms with van der Waals surface area (Å²) in [5, 5.41) is 3.79. The van der Waals surface area contributed by atoms with E-state index in [1.165, 1.54) is 6.33 Å². The summed E-state index contributed by atoms with van der Waals surface area (Å²) in [5.74, 6) is 1.67. The summed E-state index contributed by atoms with van der Waals surface area (Å²) in [6, 6.07) is 1.95. The van der Waals surface area contributed by atoms with Gasteiger partial charge in [0.1, 0.15) is 17.8 Å². The van der Waals surface area contributed by atoms with E-state index < -0.39 is 0 Å². The maximum absolute atomic E-state index is 11.9. The number of nitrogens with zero attached hydrogens (tertiary/aromatic N) is 3. The fourth-order valence-corrected chi connectivity index (χ4v) is 3.04. The van der Waals surface area contributed by atoms with E-state index in [-0.39, 0.29) is 5.91 Å². The van der Waals surface area contributed by atoms with E-state index in [4.69, 9.17) is 0 Å². The summed E-state index contributed by atoms with van der Waals surface area (Å²) in [7, 11) is 0. The largest absolute Gasteiger partial charge is 0.352 e. The average molecular weight is 289 g/mol. The second-order valence-corrected chi connectivity index (χ2v) is 5.47. The van der Waals surface area contributed by atoms with Crippen LogP contribution in [0, 0.1) is 0 Å². The number of hydrogen-bond donors (Lipinski definition) is 2. The van der Waals surface area contributed by atoms with Gasteiger partial charge in [-0.05, 0) is 13.0 Å². The monoisotopic (exact) mass is 289 g/mol. The van der Waals surface area contributed by atoms with Crippen molar-refractivity contribution < 1.29 is 4.79 Å². The van der Waals surface area contributed by atoms with Crippen LogP contribution in [-0.2, 0) is 4.79 Å². The number of aromatic amines is 1. The number of H-pyrrole nitrogens is 1. The van der Waals surface area contributed by atoms with Crippen molar-refractivity contribution in [3.8, 4) is 0 Å². The lowest BCUT2D eigenvalue weighted by Crippen LogP contribution is -2.30. The summed E-state index contributed by atoms with van der Waals surface area (Å²) in [5.41, 5.74) is 0.807. The first-order valence-corrected chi connectivity index (χ1v) is 7.45. The number of carbonyl (C=O) groups excluding carboxylic acids is 1. The molecule has 0 fully saturated rings. The smallest absolute Gasteiger partial charge is 0.259 e.